The summed E-state index contributed by atoms with van der Waals surface area (Å²) in [7, 11) is 0. The molecule has 1 saturated heterocycles. The highest BCUT2D eigenvalue weighted by Gasteiger charge is 2.56. The van der Waals surface area contributed by atoms with Crippen LogP contribution in [0.1, 0.15) is 72.6 Å². The Bertz CT molecular complexity index is 1190. The van der Waals surface area contributed by atoms with Gasteiger partial charge in [-0.15, -0.1) is 0 Å². The van der Waals surface area contributed by atoms with Gasteiger partial charge in [-0.25, -0.2) is 4.52 Å². The minimum absolute atomic E-state index is 0.0529. The van der Waals surface area contributed by atoms with Crippen molar-refractivity contribution in [1.82, 2.24) is 19.4 Å². The quantitative estimate of drug-likeness (QED) is 0.704. The number of piperazine rings is 1. The Hall–Kier alpha value is -2.33. The largest absolute Gasteiger partial charge is 0.433 e. The van der Waals surface area contributed by atoms with E-state index < -0.39 is 17.8 Å². The van der Waals surface area contributed by atoms with Crippen molar-refractivity contribution in [2.24, 2.45) is 0 Å². The number of halogens is 4. The summed E-state index contributed by atoms with van der Waals surface area (Å²) in [4.78, 5) is 29.6. The number of alkyl halides is 3. The molecular formula is C23H24ClF3N4O3. The second-order valence-corrected chi connectivity index (χ2v) is 10.4. The van der Waals surface area contributed by atoms with Gasteiger partial charge in [0.15, 0.2) is 5.69 Å². The summed E-state index contributed by atoms with van der Waals surface area (Å²) >= 11 is 6.43. The van der Waals surface area contributed by atoms with Gasteiger partial charge in [0.25, 0.3) is 5.91 Å². The van der Waals surface area contributed by atoms with Crippen molar-refractivity contribution in [2.45, 2.75) is 81.3 Å². The van der Waals surface area contributed by atoms with Gasteiger partial charge in [-0.1, -0.05) is 11.6 Å². The minimum Gasteiger partial charge on any atom is -0.393 e. The van der Waals surface area contributed by atoms with Gasteiger partial charge in [-0.3, -0.25) is 9.59 Å². The molecule has 4 aliphatic rings. The van der Waals surface area contributed by atoms with E-state index in [-0.39, 0.29) is 58.8 Å². The van der Waals surface area contributed by atoms with Crippen LogP contribution in [0.3, 0.4) is 0 Å². The molecule has 0 bridgehead atoms. The molecule has 3 saturated carbocycles. The zero-order chi connectivity index (χ0) is 23.9. The third-order valence-electron chi connectivity index (χ3n) is 7.63. The van der Waals surface area contributed by atoms with Gasteiger partial charge < -0.3 is 14.9 Å². The van der Waals surface area contributed by atoms with Gasteiger partial charge in [0.1, 0.15) is 12.2 Å². The second kappa shape index (κ2) is 7.58. The lowest BCUT2D eigenvalue weighted by Crippen LogP contribution is -2.56. The lowest BCUT2D eigenvalue weighted by atomic mass is 9.91. The van der Waals surface area contributed by atoms with E-state index in [1.807, 2.05) is 4.90 Å². The number of aromatic nitrogens is 2. The van der Waals surface area contributed by atoms with Crippen LogP contribution in [0.2, 0.25) is 5.02 Å². The summed E-state index contributed by atoms with van der Waals surface area (Å²) < 4.78 is 42.0. The summed E-state index contributed by atoms with van der Waals surface area (Å²) in [6, 6.07) is 2.43. The van der Waals surface area contributed by atoms with Gasteiger partial charge in [-0.2, -0.15) is 18.3 Å². The average molecular weight is 497 g/mol. The highest BCUT2D eigenvalue weighted by atomic mass is 35.5. The lowest BCUT2D eigenvalue weighted by Gasteiger charge is -2.40. The molecular weight excluding hydrogens is 473 g/mol. The summed E-state index contributed by atoms with van der Waals surface area (Å²) in [6.45, 7) is -0.150. The average Bonchev–Trinajstić information content (AvgIpc) is 3.70. The van der Waals surface area contributed by atoms with E-state index in [9.17, 15) is 27.9 Å². The smallest absolute Gasteiger partial charge is 0.393 e. The number of carbonyl (C=O) groups excluding carboxylic acids is 2. The molecule has 182 valence electrons. The van der Waals surface area contributed by atoms with E-state index in [0.29, 0.717) is 29.3 Å². The topological polar surface area (TPSA) is 78.2 Å². The van der Waals surface area contributed by atoms with E-state index in [1.165, 1.54) is 4.90 Å². The van der Waals surface area contributed by atoms with Gasteiger partial charge >= 0.3 is 6.18 Å². The van der Waals surface area contributed by atoms with Crippen LogP contribution in [0.25, 0.3) is 5.52 Å². The molecule has 2 atom stereocenters. The molecule has 2 aromatic heterocycles. The van der Waals surface area contributed by atoms with Crippen LogP contribution < -0.4 is 0 Å². The van der Waals surface area contributed by atoms with Crippen molar-refractivity contribution in [3.05, 3.63) is 34.1 Å². The predicted molar refractivity (Wildman–Crippen MR) is 116 cm³/mol. The molecule has 7 nitrogen and oxygen atoms in total. The first-order chi connectivity index (χ1) is 16.1. The van der Waals surface area contributed by atoms with Gasteiger partial charge in [0.05, 0.1) is 28.7 Å². The maximum Gasteiger partial charge on any atom is 0.433 e. The van der Waals surface area contributed by atoms with Crippen molar-refractivity contribution in [3.8, 4) is 0 Å². The molecule has 3 aliphatic carbocycles. The van der Waals surface area contributed by atoms with Crippen LogP contribution in [0.15, 0.2) is 12.1 Å². The summed E-state index contributed by atoms with van der Waals surface area (Å²) in [5, 5.41) is 13.6. The zero-order valence-electron chi connectivity index (χ0n) is 18.3. The minimum atomic E-state index is -4.66. The fourth-order valence-electron chi connectivity index (χ4n) is 5.63. The van der Waals surface area contributed by atoms with Gasteiger partial charge in [-0.05, 0) is 68.6 Å². The summed E-state index contributed by atoms with van der Waals surface area (Å²) in [5.74, 6) is -0.732. The third-order valence-corrected chi connectivity index (χ3v) is 8.01. The maximum atomic E-state index is 13.8. The molecule has 34 heavy (non-hydrogen) atoms. The molecule has 0 spiro atoms. The second-order valence-electron chi connectivity index (χ2n) is 9.97. The fourth-order valence-corrected chi connectivity index (χ4v) is 5.88. The van der Waals surface area contributed by atoms with Crippen molar-refractivity contribution >= 4 is 28.9 Å². The van der Waals surface area contributed by atoms with E-state index in [1.54, 1.807) is 6.07 Å². The molecule has 1 aliphatic heterocycles. The number of aliphatic hydroxyl groups is 1. The highest BCUT2D eigenvalue weighted by Crippen LogP contribution is 2.45. The van der Waals surface area contributed by atoms with E-state index >= 15 is 0 Å². The molecule has 2 unspecified atom stereocenters. The predicted octanol–water partition coefficient (Wildman–Crippen LogP) is 3.61. The number of aliphatic hydroxyl groups excluding tert-OH is 1. The first kappa shape index (κ1) is 22.2. The number of rotatable bonds is 3. The van der Waals surface area contributed by atoms with Crippen LogP contribution in [0, 0.1) is 0 Å². The van der Waals surface area contributed by atoms with Crippen molar-refractivity contribution in [3.63, 3.8) is 0 Å². The number of pyridine rings is 1. The molecule has 0 aromatic carbocycles. The first-order valence-corrected chi connectivity index (χ1v) is 12.1. The molecule has 0 radical (unpaired) electrons. The van der Waals surface area contributed by atoms with Crippen LogP contribution in [0.5, 0.6) is 0 Å². The Balaban J connectivity index is 1.30. The molecule has 11 heteroatoms. The Morgan fingerprint density at radius 2 is 1.79 bits per heavy atom. The van der Waals surface area contributed by atoms with Crippen LogP contribution in [-0.4, -0.2) is 67.1 Å². The number of carbonyl (C=O) groups is 2. The molecule has 4 fully saturated rings. The van der Waals surface area contributed by atoms with E-state index in [4.69, 9.17) is 11.6 Å². The first-order valence-electron chi connectivity index (χ1n) is 11.7. The summed E-state index contributed by atoms with van der Waals surface area (Å²) in [6.07, 6.45) is 0.0317. The van der Waals surface area contributed by atoms with Crippen LogP contribution in [0.4, 0.5) is 13.2 Å². The molecule has 3 heterocycles. The molecule has 6 rings (SSSR count). The number of hydrogen-bond donors (Lipinski definition) is 1. The van der Waals surface area contributed by atoms with Crippen molar-refractivity contribution in [1.29, 1.82) is 0 Å². The third kappa shape index (κ3) is 3.57. The highest BCUT2D eigenvalue weighted by molar-refractivity contribution is 6.36. The Kier molecular flexibility index (Phi) is 4.94. The standard InChI is InChI=1S/C23H24ClF3N4O3/c24-20-17-7-12(11-1-2-11)8-18(23(25,26)27)31(17)28-21(20)22(34)29-10-19(33)30(16-9-15(16)29)13-3-5-14(32)6-4-13/h7-8,11,13-16,32H,1-6,9-10H2. The van der Waals surface area contributed by atoms with Gasteiger partial charge in [0.2, 0.25) is 5.91 Å². The van der Waals surface area contributed by atoms with Gasteiger partial charge in [0, 0.05) is 6.04 Å². The van der Waals surface area contributed by atoms with E-state index in [2.05, 4.69) is 5.10 Å². The normalized spacial score (nSPS) is 29.5. The molecule has 2 aromatic rings. The Labute approximate surface area is 198 Å². The Morgan fingerprint density at radius 1 is 1.09 bits per heavy atom. The zero-order valence-corrected chi connectivity index (χ0v) is 19.0. The number of nitrogens with zero attached hydrogens (tertiary/aromatic N) is 4. The van der Waals surface area contributed by atoms with Crippen molar-refractivity contribution in [2.75, 3.05) is 6.54 Å². The molecule has 1 N–H and O–H groups in total. The number of hydrogen-bond acceptors (Lipinski definition) is 4. The monoisotopic (exact) mass is 496 g/mol. The van der Waals surface area contributed by atoms with Crippen LogP contribution >= 0.6 is 11.6 Å². The van der Waals surface area contributed by atoms with E-state index in [0.717, 1.165) is 31.7 Å². The maximum absolute atomic E-state index is 13.8. The SMILES string of the molecule is O=C(c1nn2c(C(F)(F)F)cc(C3CC3)cc2c1Cl)N1CC(=O)N(C2CCC(O)CC2)C2CC21. The fraction of sp³-hybridized carbons (Fsp3) is 0.609. The summed E-state index contributed by atoms with van der Waals surface area (Å²) in [5.41, 5.74) is -0.616. The molecule has 2 amide bonds. The van der Waals surface area contributed by atoms with Crippen molar-refractivity contribution < 1.29 is 27.9 Å². The Morgan fingerprint density at radius 3 is 2.44 bits per heavy atom. The lowest BCUT2D eigenvalue weighted by molar-refractivity contribution is -0.142. The number of amides is 2. The van der Waals surface area contributed by atoms with Crippen LogP contribution in [-0.2, 0) is 11.0 Å². The number of fused-ring (bicyclic) bond motifs is 2.